The molecule has 0 saturated heterocycles. The van der Waals surface area contributed by atoms with Gasteiger partial charge in [0.25, 0.3) is 0 Å². The third-order valence-electron chi connectivity index (χ3n) is 4.28. The number of rotatable bonds is 2. The van der Waals surface area contributed by atoms with Crippen LogP contribution in [0.5, 0.6) is 0 Å². The second-order valence-corrected chi connectivity index (χ2v) is 6.74. The zero-order valence-electron chi connectivity index (χ0n) is 13.5. The Labute approximate surface area is 157 Å². The number of anilines is 1. The van der Waals surface area contributed by atoms with E-state index in [1.165, 1.54) is 16.8 Å². The Morgan fingerprint density at radius 3 is 2.73 bits per heavy atom. The molecule has 3 aromatic rings. The molecule has 1 atom stereocenters. The van der Waals surface area contributed by atoms with E-state index in [0.717, 1.165) is 5.56 Å². The van der Waals surface area contributed by atoms with Gasteiger partial charge in [0.05, 0.1) is 5.69 Å². The summed E-state index contributed by atoms with van der Waals surface area (Å²) < 4.78 is 14.9. The topological polar surface area (TPSA) is 72.7 Å². The van der Waals surface area contributed by atoms with E-state index in [9.17, 15) is 9.18 Å². The fraction of sp³-hybridized carbons (Fsp3) is 0.176. The Balaban J connectivity index is 1.88. The molecule has 1 amide bonds. The van der Waals surface area contributed by atoms with E-state index in [0.29, 0.717) is 22.9 Å². The van der Waals surface area contributed by atoms with Crippen LogP contribution in [0.1, 0.15) is 29.2 Å². The van der Waals surface area contributed by atoms with E-state index in [2.05, 4.69) is 20.6 Å². The molecule has 0 bridgehead atoms. The highest BCUT2D eigenvalue weighted by Crippen LogP contribution is 2.42. The molecular formula is C17H12Cl2FN5O. The summed E-state index contributed by atoms with van der Waals surface area (Å²) in [6.07, 6.45) is 0.192. The first kappa shape index (κ1) is 16.9. The van der Waals surface area contributed by atoms with Crippen LogP contribution in [0.4, 0.5) is 10.2 Å². The third-order valence-corrected chi connectivity index (χ3v) is 4.80. The van der Waals surface area contributed by atoms with E-state index in [-0.39, 0.29) is 28.4 Å². The molecule has 9 heteroatoms. The number of benzene rings is 1. The van der Waals surface area contributed by atoms with Crippen LogP contribution in [-0.4, -0.2) is 25.9 Å². The van der Waals surface area contributed by atoms with Crippen LogP contribution in [-0.2, 0) is 4.79 Å². The summed E-state index contributed by atoms with van der Waals surface area (Å²) in [5.74, 6) is -0.0272. The predicted molar refractivity (Wildman–Crippen MR) is 95.4 cm³/mol. The lowest BCUT2D eigenvalue weighted by molar-refractivity contribution is -0.116. The second-order valence-electron chi connectivity index (χ2n) is 5.94. The second kappa shape index (κ2) is 6.34. The quantitative estimate of drug-likeness (QED) is 0.718. The maximum atomic E-state index is 13.4. The molecule has 4 rings (SSSR count). The lowest BCUT2D eigenvalue weighted by Crippen LogP contribution is -2.25. The Hall–Kier alpha value is -2.51. The fourth-order valence-corrected chi connectivity index (χ4v) is 3.58. The Morgan fingerprint density at radius 2 is 2.04 bits per heavy atom. The SMILES string of the molecule is Cc1nn(-c2ccc(Cl)nn2)c2c1[C@H](c1ccc(F)cc1Cl)CC(=O)N2. The zero-order valence-corrected chi connectivity index (χ0v) is 15.0. The van der Waals surface area contributed by atoms with Crippen molar-refractivity contribution in [3.63, 3.8) is 0 Å². The number of amides is 1. The molecule has 0 unspecified atom stereocenters. The number of aryl methyl sites for hydroxylation is 1. The van der Waals surface area contributed by atoms with E-state index in [1.54, 1.807) is 18.2 Å². The third kappa shape index (κ3) is 2.83. The number of hydrogen-bond donors (Lipinski definition) is 1. The van der Waals surface area contributed by atoms with Crippen LogP contribution in [0, 0.1) is 12.7 Å². The molecule has 1 aliphatic rings. The average molecular weight is 392 g/mol. The van der Waals surface area contributed by atoms with Crippen molar-refractivity contribution in [1.82, 2.24) is 20.0 Å². The van der Waals surface area contributed by atoms with Crippen LogP contribution in [0.2, 0.25) is 10.2 Å². The minimum absolute atomic E-state index is 0.189. The summed E-state index contributed by atoms with van der Waals surface area (Å²) >= 11 is 12.0. The summed E-state index contributed by atoms with van der Waals surface area (Å²) in [5, 5.41) is 15.7. The van der Waals surface area contributed by atoms with Gasteiger partial charge in [-0.1, -0.05) is 29.3 Å². The highest BCUT2D eigenvalue weighted by atomic mass is 35.5. The van der Waals surface area contributed by atoms with Crippen molar-refractivity contribution in [3.05, 3.63) is 63.1 Å². The molecule has 1 aromatic carbocycles. The molecule has 3 heterocycles. The van der Waals surface area contributed by atoms with Crippen molar-refractivity contribution in [2.75, 3.05) is 5.32 Å². The van der Waals surface area contributed by atoms with Gasteiger partial charge in [-0.15, -0.1) is 10.2 Å². The van der Waals surface area contributed by atoms with Crippen molar-refractivity contribution < 1.29 is 9.18 Å². The van der Waals surface area contributed by atoms with Gasteiger partial charge in [-0.05, 0) is 36.8 Å². The minimum Gasteiger partial charge on any atom is -0.310 e. The van der Waals surface area contributed by atoms with Gasteiger partial charge in [0.1, 0.15) is 11.6 Å². The van der Waals surface area contributed by atoms with Gasteiger partial charge in [-0.3, -0.25) is 4.79 Å². The van der Waals surface area contributed by atoms with Crippen molar-refractivity contribution in [2.45, 2.75) is 19.3 Å². The number of nitrogens with zero attached hydrogens (tertiary/aromatic N) is 4. The van der Waals surface area contributed by atoms with Crippen molar-refractivity contribution in [2.24, 2.45) is 0 Å². The van der Waals surface area contributed by atoms with Gasteiger partial charge in [-0.2, -0.15) is 9.78 Å². The monoisotopic (exact) mass is 391 g/mol. The maximum Gasteiger partial charge on any atom is 0.226 e. The van der Waals surface area contributed by atoms with E-state index in [1.807, 2.05) is 6.92 Å². The summed E-state index contributed by atoms with van der Waals surface area (Å²) in [6.45, 7) is 1.83. The fourth-order valence-electron chi connectivity index (χ4n) is 3.18. The van der Waals surface area contributed by atoms with Crippen LogP contribution in [0.25, 0.3) is 5.82 Å². The molecule has 0 radical (unpaired) electrons. The van der Waals surface area contributed by atoms with Crippen molar-refractivity contribution >= 4 is 34.9 Å². The smallest absolute Gasteiger partial charge is 0.226 e. The number of nitrogens with one attached hydrogen (secondary N) is 1. The van der Waals surface area contributed by atoms with Gasteiger partial charge in [0, 0.05) is 22.9 Å². The zero-order chi connectivity index (χ0) is 18.4. The van der Waals surface area contributed by atoms with E-state index < -0.39 is 5.82 Å². The van der Waals surface area contributed by atoms with Crippen molar-refractivity contribution in [3.8, 4) is 5.82 Å². The van der Waals surface area contributed by atoms with Gasteiger partial charge >= 0.3 is 0 Å². The first-order chi connectivity index (χ1) is 12.4. The first-order valence-electron chi connectivity index (χ1n) is 7.78. The molecule has 2 aromatic heterocycles. The molecule has 0 saturated carbocycles. The first-order valence-corrected chi connectivity index (χ1v) is 8.53. The summed E-state index contributed by atoms with van der Waals surface area (Å²) in [5.41, 5.74) is 2.20. The number of carbonyl (C=O) groups excluding carboxylic acids is 1. The summed E-state index contributed by atoms with van der Waals surface area (Å²) in [7, 11) is 0. The Bertz CT molecular complexity index is 1020. The van der Waals surface area contributed by atoms with Gasteiger partial charge in [0.2, 0.25) is 5.91 Å². The predicted octanol–water partition coefficient (Wildman–Crippen LogP) is 3.89. The number of fused-ring (bicyclic) bond motifs is 1. The molecular weight excluding hydrogens is 380 g/mol. The van der Waals surface area contributed by atoms with Crippen LogP contribution in [0.3, 0.4) is 0 Å². The number of halogens is 3. The largest absolute Gasteiger partial charge is 0.310 e. The lowest BCUT2D eigenvalue weighted by Gasteiger charge is -2.25. The van der Waals surface area contributed by atoms with Gasteiger partial charge in [0.15, 0.2) is 11.0 Å². The Morgan fingerprint density at radius 1 is 1.23 bits per heavy atom. The maximum absolute atomic E-state index is 13.4. The number of carbonyl (C=O) groups is 1. The van der Waals surface area contributed by atoms with E-state index in [4.69, 9.17) is 23.2 Å². The number of aromatic nitrogens is 4. The molecule has 26 heavy (non-hydrogen) atoms. The number of hydrogen-bond acceptors (Lipinski definition) is 4. The summed E-state index contributed by atoms with van der Waals surface area (Å²) in [4.78, 5) is 12.3. The van der Waals surface area contributed by atoms with Gasteiger partial charge in [-0.25, -0.2) is 4.39 Å². The molecule has 1 N–H and O–H groups in total. The van der Waals surface area contributed by atoms with Crippen LogP contribution in [0.15, 0.2) is 30.3 Å². The molecule has 6 nitrogen and oxygen atoms in total. The van der Waals surface area contributed by atoms with Crippen molar-refractivity contribution in [1.29, 1.82) is 0 Å². The lowest BCUT2D eigenvalue weighted by atomic mass is 9.86. The minimum atomic E-state index is -0.428. The molecule has 132 valence electrons. The van der Waals surface area contributed by atoms with Crippen LogP contribution < -0.4 is 5.32 Å². The highest BCUT2D eigenvalue weighted by molar-refractivity contribution is 6.31. The normalized spacial score (nSPS) is 16.3. The highest BCUT2D eigenvalue weighted by Gasteiger charge is 2.34. The van der Waals surface area contributed by atoms with E-state index >= 15 is 0 Å². The van der Waals surface area contributed by atoms with Crippen LogP contribution >= 0.6 is 23.2 Å². The standard InChI is InChI=1S/C17H12Cl2FN5O/c1-8-16-11(10-3-2-9(20)6-12(10)18)7-15(26)21-17(16)25(24-8)14-5-4-13(19)22-23-14/h2-6,11H,7H2,1H3,(H,21,26)/t11-/m0/s1. The average Bonchev–Trinajstić information content (AvgIpc) is 2.91. The Kier molecular flexibility index (Phi) is 4.13. The molecule has 0 spiro atoms. The molecule has 0 aliphatic carbocycles. The van der Waals surface area contributed by atoms with Gasteiger partial charge < -0.3 is 5.32 Å². The summed E-state index contributed by atoms with van der Waals surface area (Å²) in [6, 6.07) is 7.42. The molecule has 0 fully saturated rings. The molecule has 1 aliphatic heterocycles.